The standard InChI is InChI=1S/C15H17Cl2NO3S/c1-22-13-6-10(11(16)7-12(13)17)14(19)18-9-4-2-8(3-5-9)15(20)21/h6-9H,2-5H2,1H3,(H,18,19)(H,20,21). The van der Waals surface area contributed by atoms with Gasteiger partial charge in [-0.05, 0) is 44.1 Å². The van der Waals surface area contributed by atoms with Gasteiger partial charge in [0.1, 0.15) is 0 Å². The van der Waals surface area contributed by atoms with Crippen LogP contribution in [0.1, 0.15) is 36.0 Å². The molecule has 0 aliphatic heterocycles. The molecule has 0 saturated heterocycles. The van der Waals surface area contributed by atoms with Crippen LogP contribution in [0.15, 0.2) is 17.0 Å². The van der Waals surface area contributed by atoms with Crippen LogP contribution in [-0.4, -0.2) is 29.3 Å². The molecule has 1 aliphatic carbocycles. The number of nitrogens with one attached hydrogen (secondary N) is 1. The van der Waals surface area contributed by atoms with Crippen LogP contribution in [0.25, 0.3) is 0 Å². The summed E-state index contributed by atoms with van der Waals surface area (Å²) in [7, 11) is 0. The van der Waals surface area contributed by atoms with Crippen LogP contribution in [0.4, 0.5) is 0 Å². The van der Waals surface area contributed by atoms with E-state index < -0.39 is 5.97 Å². The topological polar surface area (TPSA) is 66.4 Å². The van der Waals surface area contributed by atoms with Crippen molar-refractivity contribution in [2.24, 2.45) is 5.92 Å². The molecular formula is C15H17Cl2NO3S. The lowest BCUT2D eigenvalue weighted by molar-refractivity contribution is -0.142. The van der Waals surface area contributed by atoms with Crippen molar-refractivity contribution in [3.8, 4) is 0 Å². The smallest absolute Gasteiger partial charge is 0.306 e. The molecule has 120 valence electrons. The van der Waals surface area contributed by atoms with Crippen molar-refractivity contribution < 1.29 is 14.7 Å². The molecule has 0 bridgehead atoms. The zero-order valence-corrected chi connectivity index (χ0v) is 14.4. The minimum atomic E-state index is -0.755. The molecule has 22 heavy (non-hydrogen) atoms. The van der Waals surface area contributed by atoms with Crippen molar-refractivity contribution in [2.45, 2.75) is 36.6 Å². The van der Waals surface area contributed by atoms with Gasteiger partial charge in [-0.15, -0.1) is 11.8 Å². The minimum Gasteiger partial charge on any atom is -0.481 e. The largest absolute Gasteiger partial charge is 0.481 e. The van der Waals surface area contributed by atoms with Gasteiger partial charge >= 0.3 is 5.97 Å². The summed E-state index contributed by atoms with van der Waals surface area (Å²) < 4.78 is 0. The van der Waals surface area contributed by atoms with Crippen molar-refractivity contribution >= 4 is 46.8 Å². The zero-order valence-electron chi connectivity index (χ0n) is 12.1. The molecule has 0 aromatic heterocycles. The van der Waals surface area contributed by atoms with E-state index in [0.717, 1.165) is 4.90 Å². The van der Waals surface area contributed by atoms with Crippen molar-refractivity contribution in [3.05, 3.63) is 27.7 Å². The highest BCUT2D eigenvalue weighted by molar-refractivity contribution is 7.98. The number of carbonyl (C=O) groups is 2. The number of benzene rings is 1. The van der Waals surface area contributed by atoms with E-state index in [2.05, 4.69) is 5.32 Å². The quantitative estimate of drug-likeness (QED) is 0.792. The number of thioether (sulfide) groups is 1. The molecule has 0 atom stereocenters. The molecule has 2 N–H and O–H groups in total. The number of hydrogen-bond donors (Lipinski definition) is 2. The highest BCUT2D eigenvalue weighted by Crippen LogP contribution is 2.31. The molecule has 7 heteroatoms. The Hall–Kier alpha value is -0.910. The molecule has 0 radical (unpaired) electrons. The maximum absolute atomic E-state index is 12.4. The van der Waals surface area contributed by atoms with Gasteiger partial charge in [0.2, 0.25) is 0 Å². The van der Waals surface area contributed by atoms with Crippen LogP contribution >= 0.6 is 35.0 Å². The van der Waals surface area contributed by atoms with Crippen molar-refractivity contribution in [3.63, 3.8) is 0 Å². The summed E-state index contributed by atoms with van der Waals surface area (Å²) in [6.07, 6.45) is 4.39. The Balaban J connectivity index is 2.03. The SMILES string of the molecule is CSc1cc(C(=O)NC2CCC(C(=O)O)CC2)c(Cl)cc1Cl. The predicted molar refractivity (Wildman–Crippen MR) is 89.1 cm³/mol. The van der Waals surface area contributed by atoms with E-state index in [1.165, 1.54) is 11.8 Å². The first-order chi connectivity index (χ1) is 10.4. The number of halogens is 2. The fraction of sp³-hybridized carbons (Fsp3) is 0.467. The second-order valence-electron chi connectivity index (χ2n) is 5.33. The third kappa shape index (κ3) is 4.09. The van der Waals surface area contributed by atoms with Gasteiger partial charge in [-0.2, -0.15) is 0 Å². The molecule has 1 fully saturated rings. The first kappa shape index (κ1) is 17.4. The number of amides is 1. The van der Waals surface area contributed by atoms with Crippen molar-refractivity contribution in [2.75, 3.05) is 6.26 Å². The molecule has 1 aromatic rings. The van der Waals surface area contributed by atoms with E-state index >= 15 is 0 Å². The summed E-state index contributed by atoms with van der Waals surface area (Å²) in [6.45, 7) is 0. The molecule has 1 aromatic carbocycles. The number of rotatable bonds is 4. The average molecular weight is 362 g/mol. The Bertz CT molecular complexity index is 586. The fourth-order valence-electron chi connectivity index (χ4n) is 2.61. The molecular weight excluding hydrogens is 345 g/mol. The maximum atomic E-state index is 12.4. The summed E-state index contributed by atoms with van der Waals surface area (Å²) in [6, 6.07) is 3.26. The Labute approximate surface area is 143 Å². The van der Waals surface area contributed by atoms with Crippen molar-refractivity contribution in [1.29, 1.82) is 0 Å². The minimum absolute atomic E-state index is 0.00688. The predicted octanol–water partition coefficient (Wildman–Crippen LogP) is 4.09. The van der Waals surface area contributed by atoms with Gasteiger partial charge in [0.25, 0.3) is 5.91 Å². The number of carboxylic acid groups (broad SMARTS) is 1. The summed E-state index contributed by atoms with van der Waals surface area (Å²) in [4.78, 5) is 24.1. The molecule has 1 amide bonds. The molecule has 4 nitrogen and oxygen atoms in total. The maximum Gasteiger partial charge on any atom is 0.306 e. The van der Waals surface area contributed by atoms with E-state index in [0.29, 0.717) is 41.3 Å². The number of aliphatic carboxylic acids is 1. The lowest BCUT2D eigenvalue weighted by atomic mass is 9.86. The monoisotopic (exact) mass is 361 g/mol. The Morgan fingerprint density at radius 2 is 1.82 bits per heavy atom. The number of carboxylic acids is 1. The van der Waals surface area contributed by atoms with Gasteiger partial charge in [0.15, 0.2) is 0 Å². The van der Waals surface area contributed by atoms with Crippen LogP contribution in [0, 0.1) is 5.92 Å². The van der Waals surface area contributed by atoms with E-state index in [4.69, 9.17) is 28.3 Å². The summed E-state index contributed by atoms with van der Waals surface area (Å²) in [5, 5.41) is 12.8. The lowest BCUT2D eigenvalue weighted by Gasteiger charge is -2.27. The summed E-state index contributed by atoms with van der Waals surface area (Å²) in [5.41, 5.74) is 0.399. The zero-order chi connectivity index (χ0) is 16.3. The normalized spacial score (nSPS) is 21.4. The Morgan fingerprint density at radius 3 is 2.36 bits per heavy atom. The van der Waals surface area contributed by atoms with E-state index in [1.807, 2.05) is 6.26 Å². The lowest BCUT2D eigenvalue weighted by Crippen LogP contribution is -2.38. The van der Waals surface area contributed by atoms with Crippen LogP contribution in [0.5, 0.6) is 0 Å². The highest BCUT2D eigenvalue weighted by atomic mass is 35.5. The van der Waals surface area contributed by atoms with Gasteiger partial charge in [-0.3, -0.25) is 9.59 Å². The second-order valence-corrected chi connectivity index (χ2v) is 6.99. The van der Waals surface area contributed by atoms with E-state index in [9.17, 15) is 9.59 Å². The van der Waals surface area contributed by atoms with Gasteiger partial charge in [0.05, 0.1) is 21.5 Å². The summed E-state index contributed by atoms with van der Waals surface area (Å²) >= 11 is 13.6. The third-order valence-corrected chi connectivity index (χ3v) is 5.41. The average Bonchev–Trinajstić information content (AvgIpc) is 2.47. The van der Waals surface area contributed by atoms with Gasteiger partial charge in [-0.25, -0.2) is 0 Å². The Morgan fingerprint density at radius 1 is 1.18 bits per heavy atom. The van der Waals surface area contributed by atoms with Crippen molar-refractivity contribution in [1.82, 2.24) is 5.32 Å². The molecule has 0 spiro atoms. The van der Waals surface area contributed by atoms with Crippen LogP contribution in [-0.2, 0) is 4.79 Å². The first-order valence-corrected chi connectivity index (χ1v) is 8.97. The third-order valence-electron chi connectivity index (χ3n) is 3.90. The summed E-state index contributed by atoms with van der Waals surface area (Å²) in [5.74, 6) is -1.29. The highest BCUT2D eigenvalue weighted by Gasteiger charge is 2.27. The molecule has 0 heterocycles. The van der Waals surface area contributed by atoms with Crippen LogP contribution in [0.2, 0.25) is 10.0 Å². The van der Waals surface area contributed by atoms with Gasteiger partial charge in [-0.1, -0.05) is 23.2 Å². The fourth-order valence-corrected chi connectivity index (χ4v) is 3.80. The van der Waals surface area contributed by atoms with Gasteiger partial charge in [0, 0.05) is 10.9 Å². The molecule has 1 saturated carbocycles. The molecule has 1 aliphatic rings. The van der Waals surface area contributed by atoms with Crippen LogP contribution < -0.4 is 5.32 Å². The number of carbonyl (C=O) groups excluding carboxylic acids is 1. The Kier molecular flexibility index (Phi) is 6.01. The van der Waals surface area contributed by atoms with E-state index in [-0.39, 0.29) is 17.9 Å². The first-order valence-electron chi connectivity index (χ1n) is 6.99. The van der Waals surface area contributed by atoms with E-state index in [1.54, 1.807) is 12.1 Å². The van der Waals surface area contributed by atoms with Gasteiger partial charge < -0.3 is 10.4 Å². The molecule has 0 unspecified atom stereocenters. The number of hydrogen-bond acceptors (Lipinski definition) is 3. The van der Waals surface area contributed by atoms with Crippen LogP contribution in [0.3, 0.4) is 0 Å². The molecule has 2 rings (SSSR count). The second kappa shape index (κ2) is 7.57.